The van der Waals surface area contributed by atoms with Crippen molar-refractivity contribution in [1.82, 2.24) is 0 Å². The summed E-state index contributed by atoms with van der Waals surface area (Å²) in [5, 5.41) is 10.2. The van der Waals surface area contributed by atoms with Crippen LogP contribution in [0.1, 0.15) is 25.7 Å². The second kappa shape index (κ2) is 5.98. The van der Waals surface area contributed by atoms with E-state index in [2.05, 4.69) is 6.07 Å². The number of phenols is 1. The number of thioether (sulfide) groups is 2. The van der Waals surface area contributed by atoms with Crippen LogP contribution in [0.25, 0.3) is 0 Å². The van der Waals surface area contributed by atoms with Crippen molar-refractivity contribution in [2.24, 2.45) is 0 Å². The molecule has 3 rings (SSSR count). The van der Waals surface area contributed by atoms with E-state index < -0.39 is 0 Å². The summed E-state index contributed by atoms with van der Waals surface area (Å²) >= 11 is 3.95. The van der Waals surface area contributed by atoms with Gasteiger partial charge in [-0.2, -0.15) is 11.8 Å². The molecule has 0 aliphatic carbocycles. The highest BCUT2D eigenvalue weighted by Crippen LogP contribution is 2.42. The summed E-state index contributed by atoms with van der Waals surface area (Å²) in [5.74, 6) is 2.84. The number of ether oxygens (including phenoxy) is 1. The number of rotatable bonds is 2. The first-order valence-corrected chi connectivity index (χ1v) is 8.97. The van der Waals surface area contributed by atoms with Crippen LogP contribution in [-0.4, -0.2) is 34.1 Å². The molecule has 19 heavy (non-hydrogen) atoms. The van der Waals surface area contributed by atoms with Gasteiger partial charge in [-0.3, -0.25) is 0 Å². The van der Waals surface area contributed by atoms with Crippen LogP contribution in [-0.2, 0) is 4.74 Å². The molecule has 2 heterocycles. The van der Waals surface area contributed by atoms with Gasteiger partial charge in [-0.05, 0) is 55.4 Å². The van der Waals surface area contributed by atoms with Crippen LogP contribution in [0.3, 0.4) is 0 Å². The number of phenolic OH excluding ortho intramolecular Hbond substituents is 1. The summed E-state index contributed by atoms with van der Waals surface area (Å²) in [5.41, 5.74) is 0.151. The molecule has 1 spiro atoms. The fourth-order valence-corrected chi connectivity index (χ4v) is 5.49. The maximum absolute atomic E-state index is 9.54. The van der Waals surface area contributed by atoms with Crippen LogP contribution in [0.15, 0.2) is 29.2 Å². The normalized spacial score (nSPS) is 26.4. The maximum Gasteiger partial charge on any atom is 0.116 e. The van der Waals surface area contributed by atoms with E-state index in [4.69, 9.17) is 4.74 Å². The van der Waals surface area contributed by atoms with Crippen molar-refractivity contribution in [3.05, 3.63) is 24.3 Å². The van der Waals surface area contributed by atoms with Crippen molar-refractivity contribution in [1.29, 1.82) is 0 Å². The minimum Gasteiger partial charge on any atom is -0.508 e. The van der Waals surface area contributed by atoms with Gasteiger partial charge in [-0.1, -0.05) is 6.07 Å². The van der Waals surface area contributed by atoms with Gasteiger partial charge in [0.1, 0.15) is 5.75 Å². The molecule has 2 saturated heterocycles. The molecule has 1 atom stereocenters. The Morgan fingerprint density at radius 1 is 1.32 bits per heavy atom. The smallest absolute Gasteiger partial charge is 0.116 e. The molecule has 0 saturated carbocycles. The lowest BCUT2D eigenvalue weighted by molar-refractivity contribution is -0.0804. The first-order chi connectivity index (χ1) is 9.26. The molecule has 1 aromatic carbocycles. The lowest BCUT2D eigenvalue weighted by atomic mass is 9.88. The van der Waals surface area contributed by atoms with Crippen molar-refractivity contribution in [2.45, 2.75) is 41.4 Å². The van der Waals surface area contributed by atoms with Crippen molar-refractivity contribution in [3.8, 4) is 5.75 Å². The van der Waals surface area contributed by atoms with E-state index >= 15 is 0 Å². The molecule has 1 aromatic rings. The molecule has 2 aliphatic heterocycles. The summed E-state index contributed by atoms with van der Waals surface area (Å²) in [4.78, 5) is 1.17. The van der Waals surface area contributed by atoms with Gasteiger partial charge in [0.15, 0.2) is 0 Å². The lowest BCUT2D eigenvalue weighted by Gasteiger charge is -2.43. The van der Waals surface area contributed by atoms with E-state index in [-0.39, 0.29) is 5.60 Å². The minimum absolute atomic E-state index is 0.151. The van der Waals surface area contributed by atoms with Gasteiger partial charge >= 0.3 is 0 Å². The highest BCUT2D eigenvalue weighted by Gasteiger charge is 2.38. The van der Waals surface area contributed by atoms with E-state index in [9.17, 15) is 5.11 Å². The van der Waals surface area contributed by atoms with E-state index in [0.29, 0.717) is 11.0 Å². The zero-order chi connectivity index (χ0) is 13.1. The van der Waals surface area contributed by atoms with Crippen LogP contribution in [0.2, 0.25) is 0 Å². The zero-order valence-corrected chi connectivity index (χ0v) is 12.6. The average molecular weight is 296 g/mol. The summed E-state index contributed by atoms with van der Waals surface area (Å²) < 4.78 is 6.12. The monoisotopic (exact) mass is 296 g/mol. The molecule has 0 amide bonds. The number of aromatic hydroxyl groups is 1. The van der Waals surface area contributed by atoms with Crippen LogP contribution in [0, 0.1) is 0 Å². The highest BCUT2D eigenvalue weighted by molar-refractivity contribution is 8.00. The molecule has 1 unspecified atom stereocenters. The Labute approximate surface area is 123 Å². The Morgan fingerprint density at radius 3 is 2.95 bits per heavy atom. The van der Waals surface area contributed by atoms with E-state index in [1.54, 1.807) is 6.07 Å². The van der Waals surface area contributed by atoms with Crippen molar-refractivity contribution < 1.29 is 9.84 Å². The van der Waals surface area contributed by atoms with E-state index in [1.165, 1.54) is 29.2 Å². The minimum atomic E-state index is 0.151. The third kappa shape index (κ3) is 3.41. The quantitative estimate of drug-likeness (QED) is 0.895. The Bertz CT molecular complexity index is 424. The predicted molar refractivity (Wildman–Crippen MR) is 82.2 cm³/mol. The molecular formula is C15H20O2S2. The first-order valence-electron chi connectivity index (χ1n) is 6.93. The van der Waals surface area contributed by atoms with Crippen molar-refractivity contribution in [2.75, 3.05) is 18.1 Å². The van der Waals surface area contributed by atoms with Gasteiger partial charge < -0.3 is 9.84 Å². The molecule has 0 radical (unpaired) electrons. The van der Waals surface area contributed by atoms with Gasteiger partial charge in [0, 0.05) is 16.8 Å². The summed E-state index contributed by atoms with van der Waals surface area (Å²) in [7, 11) is 0. The molecule has 2 nitrogen and oxygen atoms in total. The molecule has 2 fully saturated rings. The molecule has 0 bridgehead atoms. The predicted octanol–water partition coefficient (Wildman–Crippen LogP) is 3.93. The molecule has 1 N–H and O–H groups in total. The number of benzene rings is 1. The van der Waals surface area contributed by atoms with Gasteiger partial charge in [-0.15, -0.1) is 11.8 Å². The number of hydrogen-bond acceptors (Lipinski definition) is 4. The second-order valence-corrected chi connectivity index (χ2v) is 7.97. The fourth-order valence-electron chi connectivity index (χ4n) is 2.92. The molecular weight excluding hydrogens is 276 g/mol. The zero-order valence-electron chi connectivity index (χ0n) is 11.0. The van der Waals surface area contributed by atoms with Crippen molar-refractivity contribution >= 4 is 23.5 Å². The van der Waals surface area contributed by atoms with Gasteiger partial charge in [0.05, 0.1) is 5.60 Å². The van der Waals surface area contributed by atoms with Crippen LogP contribution < -0.4 is 0 Å². The van der Waals surface area contributed by atoms with Crippen LogP contribution in [0.5, 0.6) is 5.75 Å². The molecule has 104 valence electrons. The Morgan fingerprint density at radius 2 is 2.16 bits per heavy atom. The summed E-state index contributed by atoms with van der Waals surface area (Å²) in [6, 6.07) is 7.60. The van der Waals surface area contributed by atoms with Crippen LogP contribution >= 0.6 is 23.5 Å². The van der Waals surface area contributed by atoms with Gasteiger partial charge in [0.25, 0.3) is 0 Å². The Balaban J connectivity index is 1.65. The average Bonchev–Trinajstić information content (AvgIpc) is 2.40. The Hall–Kier alpha value is -0.320. The van der Waals surface area contributed by atoms with Gasteiger partial charge in [0.2, 0.25) is 0 Å². The molecule has 4 heteroatoms. The Kier molecular flexibility index (Phi) is 4.30. The van der Waals surface area contributed by atoms with E-state index in [0.717, 1.165) is 19.4 Å². The first kappa shape index (κ1) is 13.7. The van der Waals surface area contributed by atoms with Crippen LogP contribution in [0.4, 0.5) is 0 Å². The fraction of sp³-hybridized carbons (Fsp3) is 0.600. The largest absolute Gasteiger partial charge is 0.508 e. The summed E-state index contributed by atoms with van der Waals surface area (Å²) in [6.07, 6.45) is 4.69. The summed E-state index contributed by atoms with van der Waals surface area (Å²) in [6.45, 7) is 0.890. The number of hydrogen-bond donors (Lipinski definition) is 1. The van der Waals surface area contributed by atoms with Gasteiger partial charge in [-0.25, -0.2) is 0 Å². The molecule has 0 aromatic heterocycles. The topological polar surface area (TPSA) is 29.5 Å². The van der Waals surface area contributed by atoms with Crippen molar-refractivity contribution in [3.63, 3.8) is 0 Å². The standard InChI is InChI=1S/C15H20O2S2/c16-12-2-1-3-13(10-12)19-14-4-7-17-15(11-14)5-8-18-9-6-15/h1-3,10,14,16H,4-9,11H2. The molecule has 2 aliphatic rings. The van der Waals surface area contributed by atoms with E-state index in [1.807, 2.05) is 35.7 Å². The maximum atomic E-state index is 9.54. The second-order valence-electron chi connectivity index (χ2n) is 5.37. The SMILES string of the molecule is Oc1cccc(SC2CCOC3(CCSCC3)C2)c1. The highest BCUT2D eigenvalue weighted by atomic mass is 32.2. The third-order valence-corrected chi connectivity index (χ3v) is 6.22. The third-order valence-electron chi connectivity index (χ3n) is 3.97. The lowest BCUT2D eigenvalue weighted by Crippen LogP contribution is -2.43.